The van der Waals surface area contributed by atoms with Gasteiger partial charge in [-0.15, -0.1) is 0 Å². The highest BCUT2D eigenvalue weighted by molar-refractivity contribution is 6.11. The van der Waals surface area contributed by atoms with Crippen LogP contribution >= 0.6 is 0 Å². The fraction of sp³-hybridized carbons (Fsp3) is 0.761. The van der Waals surface area contributed by atoms with E-state index >= 15 is 0 Å². The highest BCUT2D eigenvalue weighted by atomic mass is 16.6. The van der Waals surface area contributed by atoms with Crippen LogP contribution < -0.4 is 5.73 Å². The van der Waals surface area contributed by atoms with E-state index in [-0.39, 0.29) is 29.8 Å². The molecule has 3 rings (SSSR count). The molecule has 1 saturated heterocycles. The molecule has 11 nitrogen and oxygen atoms in total. The summed E-state index contributed by atoms with van der Waals surface area (Å²) in [5.74, 6) is -1.24. The van der Waals surface area contributed by atoms with E-state index in [1.54, 1.807) is 0 Å². The van der Waals surface area contributed by atoms with Crippen molar-refractivity contribution in [3.63, 3.8) is 0 Å². The molecule has 2 aromatic heterocycles. The maximum Gasteiger partial charge on any atom is 0.210 e. The van der Waals surface area contributed by atoms with Crippen molar-refractivity contribution in [1.29, 1.82) is 0 Å². The fourth-order valence-electron chi connectivity index (χ4n) is 7.86. The average molecular weight is 796 g/mol. The van der Waals surface area contributed by atoms with Crippen LogP contribution in [-0.2, 0) is 14.3 Å². The summed E-state index contributed by atoms with van der Waals surface area (Å²) < 4.78 is 7.44. The molecule has 1 fully saturated rings. The van der Waals surface area contributed by atoms with Crippen LogP contribution in [0, 0.1) is 0 Å². The number of nitrogen functional groups attached to an aromatic ring is 1. The zero-order valence-electron chi connectivity index (χ0n) is 35.5. The predicted octanol–water partition coefficient (Wildman–Crippen LogP) is 9.97. The minimum Gasteiger partial charge on any atom is -0.387 e. The Morgan fingerprint density at radius 3 is 1.53 bits per heavy atom. The predicted molar refractivity (Wildman–Crippen MR) is 230 cm³/mol. The van der Waals surface area contributed by atoms with Crippen LogP contribution in [0.5, 0.6) is 0 Å². The first-order valence-corrected chi connectivity index (χ1v) is 22.8. The Hall–Kier alpha value is -2.99. The minimum atomic E-state index is -2.61. The second-order valence-corrected chi connectivity index (χ2v) is 16.3. The molecule has 0 aliphatic carbocycles. The van der Waals surface area contributed by atoms with E-state index < -0.39 is 41.7 Å². The van der Waals surface area contributed by atoms with Gasteiger partial charge >= 0.3 is 0 Å². The molecule has 11 heteroatoms. The number of rotatable bonds is 34. The quantitative estimate of drug-likeness (QED) is 0.0303. The summed E-state index contributed by atoms with van der Waals surface area (Å²) in [4.78, 5) is 40.1. The number of carbonyl (C=O) groups is 2. The van der Waals surface area contributed by atoms with Crippen LogP contribution in [0.2, 0.25) is 0 Å². The first-order chi connectivity index (χ1) is 27.8. The second-order valence-electron chi connectivity index (χ2n) is 16.3. The summed E-state index contributed by atoms with van der Waals surface area (Å²) in [6, 6.07) is 0. The van der Waals surface area contributed by atoms with Crippen molar-refractivity contribution in [1.82, 2.24) is 19.5 Å². The van der Waals surface area contributed by atoms with Gasteiger partial charge in [0.15, 0.2) is 29.3 Å². The molecule has 322 valence electrons. The number of anilines is 1. The first-order valence-electron chi connectivity index (χ1n) is 22.8. The number of imidazole rings is 1. The van der Waals surface area contributed by atoms with Gasteiger partial charge in [0.25, 0.3) is 0 Å². The normalized spacial score (nSPS) is 18.8. The lowest BCUT2D eigenvalue weighted by Crippen LogP contribution is -2.59. The van der Waals surface area contributed by atoms with Crippen molar-refractivity contribution in [3.05, 3.63) is 37.0 Å². The molecule has 5 N–H and O–H groups in total. The molecule has 0 bridgehead atoms. The number of aromatic nitrogens is 4. The number of ketones is 2. The molecule has 3 heterocycles. The lowest BCUT2D eigenvalue weighted by atomic mass is 9.80. The number of aliphatic hydroxyl groups excluding tert-OH is 2. The third-order valence-corrected chi connectivity index (χ3v) is 11.5. The molecule has 0 radical (unpaired) electrons. The molecule has 1 aliphatic heterocycles. The molecule has 0 amide bonds. The van der Waals surface area contributed by atoms with Crippen molar-refractivity contribution in [2.24, 2.45) is 0 Å². The average Bonchev–Trinajstić information content (AvgIpc) is 3.77. The van der Waals surface area contributed by atoms with E-state index in [9.17, 15) is 24.9 Å². The van der Waals surface area contributed by atoms with Crippen molar-refractivity contribution in [2.45, 2.75) is 224 Å². The SMILES string of the molecule is CCCCCCCC/C=C\CCCCCCCC(=O)C(O)(C(=O)CCCCCCC/C=C\CCCCCCCC)[C@H]1O[C@@H](n2cnc3c(N)ncnc32)[C@H](O)[C@@H]1O. The third-order valence-electron chi connectivity index (χ3n) is 11.5. The van der Waals surface area contributed by atoms with E-state index in [4.69, 9.17) is 10.5 Å². The number of hydrogen-bond acceptors (Lipinski definition) is 10. The van der Waals surface area contributed by atoms with Gasteiger partial charge in [-0.3, -0.25) is 14.2 Å². The summed E-state index contributed by atoms with van der Waals surface area (Å²) in [5, 5.41) is 34.5. The van der Waals surface area contributed by atoms with Crippen molar-refractivity contribution in [2.75, 3.05) is 5.73 Å². The minimum absolute atomic E-state index is 0.0299. The highest BCUT2D eigenvalue weighted by Crippen LogP contribution is 2.38. The van der Waals surface area contributed by atoms with Gasteiger partial charge in [-0.25, -0.2) is 15.0 Å². The maximum absolute atomic E-state index is 13.9. The number of unbranched alkanes of at least 4 members (excludes halogenated alkanes) is 22. The molecule has 4 atom stereocenters. The lowest BCUT2D eigenvalue weighted by molar-refractivity contribution is -0.176. The van der Waals surface area contributed by atoms with Gasteiger partial charge in [-0.1, -0.05) is 141 Å². The van der Waals surface area contributed by atoms with Crippen LogP contribution in [0.1, 0.15) is 200 Å². The van der Waals surface area contributed by atoms with Gasteiger partial charge in [0.2, 0.25) is 5.60 Å². The molecule has 57 heavy (non-hydrogen) atoms. The van der Waals surface area contributed by atoms with Crippen LogP contribution in [0.3, 0.4) is 0 Å². The Bertz CT molecular complexity index is 1410. The molecule has 0 aromatic carbocycles. The number of aliphatic hydroxyl groups is 3. The summed E-state index contributed by atoms with van der Waals surface area (Å²) in [6.45, 7) is 4.48. The van der Waals surface area contributed by atoms with Gasteiger partial charge in [-0.05, 0) is 64.2 Å². The molecule has 2 aromatic rings. The Morgan fingerprint density at radius 2 is 1.07 bits per heavy atom. The van der Waals surface area contributed by atoms with Crippen LogP contribution in [-0.4, -0.2) is 70.3 Å². The highest BCUT2D eigenvalue weighted by Gasteiger charge is 2.59. The molecule has 0 spiro atoms. The van der Waals surface area contributed by atoms with E-state index in [0.29, 0.717) is 12.8 Å². The van der Waals surface area contributed by atoms with E-state index in [0.717, 1.165) is 77.0 Å². The molecular formula is C46H77N5O6. The van der Waals surface area contributed by atoms with E-state index in [1.807, 2.05) is 0 Å². The van der Waals surface area contributed by atoms with Gasteiger partial charge in [0.1, 0.15) is 30.2 Å². The van der Waals surface area contributed by atoms with Gasteiger partial charge < -0.3 is 25.8 Å². The van der Waals surface area contributed by atoms with Crippen LogP contribution in [0.4, 0.5) is 5.82 Å². The fourth-order valence-corrected chi connectivity index (χ4v) is 7.86. The lowest BCUT2D eigenvalue weighted by Gasteiger charge is -2.32. The maximum atomic E-state index is 13.9. The van der Waals surface area contributed by atoms with Gasteiger partial charge in [0.05, 0.1) is 6.33 Å². The largest absolute Gasteiger partial charge is 0.387 e. The third kappa shape index (κ3) is 16.3. The number of fused-ring (bicyclic) bond motifs is 1. The number of carbonyl (C=O) groups excluding carboxylic acids is 2. The van der Waals surface area contributed by atoms with Crippen molar-refractivity contribution >= 4 is 28.5 Å². The number of hydrogen-bond donors (Lipinski definition) is 4. The standard InChI is InChI=1S/C46H77N5O6/c1-3-5-7-9-11-13-15-17-19-21-23-25-27-29-31-33-37(52)46(56,38(53)34-32-30-28-26-24-22-20-18-16-14-12-10-8-6-4-2)42-40(54)41(55)45(57-42)51-36-50-39-43(47)48-35-49-44(39)51/h17-20,35-36,40-42,45,54-56H,3-16,21-34H2,1-2H3,(H2,47,48,49)/b19-17-,20-18-/t40-,41+,42-,45+/m0/s1. The smallest absolute Gasteiger partial charge is 0.210 e. The van der Waals surface area contributed by atoms with Crippen LogP contribution in [0.15, 0.2) is 37.0 Å². The Balaban J connectivity index is 1.49. The number of nitrogens with two attached hydrogens (primary N) is 1. The topological polar surface area (TPSA) is 174 Å². The number of nitrogens with zero attached hydrogens (tertiary/aromatic N) is 4. The second kappa shape index (κ2) is 28.4. The summed E-state index contributed by atoms with van der Waals surface area (Å²) in [7, 11) is 0. The van der Waals surface area contributed by atoms with Gasteiger partial charge in [-0.2, -0.15) is 0 Å². The first kappa shape index (κ1) is 48.4. The Kier molecular flexibility index (Phi) is 24.1. The number of Topliss-reactive ketones (excluding diaryl/α,β-unsaturated/α-hetero) is 2. The molecule has 0 unspecified atom stereocenters. The van der Waals surface area contributed by atoms with Gasteiger partial charge in [0, 0.05) is 12.8 Å². The Morgan fingerprint density at radius 1 is 0.649 bits per heavy atom. The monoisotopic (exact) mass is 796 g/mol. The summed E-state index contributed by atoms with van der Waals surface area (Å²) in [5.41, 5.74) is 3.87. The Labute approximate surface area is 343 Å². The summed E-state index contributed by atoms with van der Waals surface area (Å²) in [6.07, 6.45) is 34.3. The van der Waals surface area contributed by atoms with E-state index in [2.05, 4.69) is 53.1 Å². The molecule has 0 saturated carbocycles. The van der Waals surface area contributed by atoms with Crippen molar-refractivity contribution < 1.29 is 29.6 Å². The molecule has 1 aliphatic rings. The van der Waals surface area contributed by atoms with Crippen LogP contribution in [0.25, 0.3) is 11.2 Å². The molecular weight excluding hydrogens is 719 g/mol. The zero-order valence-corrected chi connectivity index (χ0v) is 35.5. The number of allylic oxidation sites excluding steroid dienone is 4. The van der Waals surface area contributed by atoms with E-state index in [1.165, 1.54) is 94.3 Å². The summed E-state index contributed by atoms with van der Waals surface area (Å²) >= 11 is 0. The number of ether oxygens (including phenoxy) is 1. The van der Waals surface area contributed by atoms with Crippen molar-refractivity contribution in [3.8, 4) is 0 Å². The zero-order chi connectivity index (χ0) is 41.1.